The summed E-state index contributed by atoms with van der Waals surface area (Å²) in [5.74, 6) is 3.68. The van der Waals surface area contributed by atoms with E-state index < -0.39 is 74.7 Å². The molecule has 34 heteroatoms. The average Bonchev–Trinajstić information content (AvgIpc) is 1.52. The van der Waals surface area contributed by atoms with Crippen molar-refractivity contribution in [2.24, 2.45) is 45.8 Å². The molecule has 9 aliphatic heterocycles. The van der Waals surface area contributed by atoms with Crippen molar-refractivity contribution in [3.8, 4) is 51.0 Å². The lowest BCUT2D eigenvalue weighted by molar-refractivity contribution is -0.138. The topological polar surface area (TPSA) is 357 Å². The summed E-state index contributed by atoms with van der Waals surface area (Å²) < 4.78 is 108. The molecule has 0 bridgehead atoms. The van der Waals surface area contributed by atoms with Crippen LogP contribution in [-0.4, -0.2) is 250 Å². The molecule has 0 spiro atoms. The van der Waals surface area contributed by atoms with Gasteiger partial charge in [0.2, 0.25) is 55.5 Å². The lowest BCUT2D eigenvalue weighted by atomic mass is 9.81. The van der Waals surface area contributed by atoms with E-state index in [0.29, 0.717) is 170 Å². The molecule has 148 heavy (non-hydrogen) atoms. The summed E-state index contributed by atoms with van der Waals surface area (Å²) in [6, 6.07) is 35.6. The molecule has 8 aliphatic carbocycles. The predicted octanol–water partition coefficient (Wildman–Crippen LogP) is 14.9. The number of carbonyl (C=O) groups is 9. The van der Waals surface area contributed by atoms with Crippen molar-refractivity contribution < 1.29 is 82.6 Å². The molecule has 31 nitrogen and oxygen atoms in total. The van der Waals surface area contributed by atoms with Crippen molar-refractivity contribution in [2.45, 2.75) is 247 Å². The number of likely N-dealkylation sites (tertiary alicyclic amines) is 6. The van der Waals surface area contributed by atoms with Crippen LogP contribution in [0.4, 0.5) is 0 Å². The van der Waals surface area contributed by atoms with Crippen LogP contribution in [0.2, 0.25) is 0 Å². The van der Waals surface area contributed by atoms with Crippen molar-refractivity contribution in [3.05, 3.63) is 159 Å². The van der Waals surface area contributed by atoms with Crippen molar-refractivity contribution in [2.75, 3.05) is 107 Å². The van der Waals surface area contributed by atoms with E-state index in [-0.39, 0.29) is 70.7 Å². The molecule has 6 saturated heterocycles. The summed E-state index contributed by atoms with van der Waals surface area (Å²) in [4.78, 5) is 134. The van der Waals surface area contributed by atoms with Gasteiger partial charge in [-0.15, -0.1) is 0 Å². The second-order valence-electron chi connectivity index (χ2n) is 46.6. The Kier molecular flexibility index (Phi) is 24.5. The minimum atomic E-state index is -3.98. The predicted molar refractivity (Wildman–Crippen MR) is 560 cm³/mol. The zero-order chi connectivity index (χ0) is 103. The van der Waals surface area contributed by atoms with Gasteiger partial charge in [-0.3, -0.25) is 43.2 Å². The van der Waals surface area contributed by atoms with E-state index in [1.165, 1.54) is 50.0 Å². The van der Waals surface area contributed by atoms with Crippen LogP contribution in [0.3, 0.4) is 0 Å². The number of carbonyl (C=O) groups excluding carboxylic acids is 9. The Hall–Kier alpha value is -11.6. The van der Waals surface area contributed by atoms with Crippen LogP contribution in [0.1, 0.15) is 275 Å². The Bertz CT molecular complexity index is 7140. The molecule has 12 atom stereocenters. The van der Waals surface area contributed by atoms with E-state index in [4.69, 9.17) is 14.2 Å². The first kappa shape index (κ1) is 98.4. The van der Waals surface area contributed by atoms with E-state index in [2.05, 4.69) is 74.1 Å². The van der Waals surface area contributed by atoms with Crippen molar-refractivity contribution in [3.63, 3.8) is 0 Å². The monoisotopic (exact) mass is 2070 g/mol. The van der Waals surface area contributed by atoms with Crippen LogP contribution in [0.5, 0.6) is 17.2 Å². The number of rotatable bonds is 18. The summed E-state index contributed by atoms with van der Waals surface area (Å²) in [7, 11) is -3.62. The summed E-state index contributed by atoms with van der Waals surface area (Å²) in [6.07, 6.45) is 23.5. The Balaban J connectivity index is 0.000000119. The Labute approximate surface area is 864 Å². The van der Waals surface area contributed by atoms with Gasteiger partial charge in [-0.05, 0) is 244 Å². The summed E-state index contributed by atoms with van der Waals surface area (Å²) in [5.41, 5.74) is 15.4. The van der Waals surface area contributed by atoms with E-state index in [9.17, 15) is 63.6 Å². The Morgan fingerprint density at radius 2 is 0.655 bits per heavy atom. The van der Waals surface area contributed by atoms with Gasteiger partial charge < -0.3 is 57.3 Å². The largest absolute Gasteiger partial charge is 0.497 e. The molecule has 14 fully saturated rings. The molecule has 782 valence electrons. The van der Waals surface area contributed by atoms with Gasteiger partial charge in [-0.2, -0.15) is 12.7 Å². The molecule has 26 rings (SSSR count). The maximum atomic E-state index is 15.0. The zero-order valence-corrected chi connectivity index (χ0v) is 88.3. The smallest absolute Gasteiger partial charge is 0.303 e. The number of amides is 9. The number of piperidine rings is 1. The Morgan fingerprint density at radius 3 is 0.959 bits per heavy atom. The van der Waals surface area contributed by atoms with Crippen LogP contribution in [0.25, 0.3) is 66.5 Å². The minimum absolute atomic E-state index is 0.0101. The van der Waals surface area contributed by atoms with Crippen LogP contribution >= 0.6 is 0 Å². The van der Waals surface area contributed by atoms with Crippen LogP contribution in [0.15, 0.2) is 109 Å². The van der Waals surface area contributed by atoms with Crippen LogP contribution in [-0.2, 0) is 78.7 Å². The van der Waals surface area contributed by atoms with E-state index in [0.717, 1.165) is 214 Å². The normalized spacial score (nSPS) is 27.1. The molecular weight excluding hydrogens is 1940 g/mol. The maximum Gasteiger partial charge on any atom is 0.303 e. The molecule has 17 aliphatic rings. The highest BCUT2D eigenvalue weighted by atomic mass is 32.2. The zero-order valence-electron chi connectivity index (χ0n) is 85.9. The molecule has 12 unspecified atom stereocenters. The second-order valence-corrected chi connectivity index (χ2v) is 52.4. The molecule has 3 N–H and O–H groups in total. The first-order chi connectivity index (χ1) is 71.1. The third-order valence-electron chi connectivity index (χ3n) is 37.6. The molecule has 9 aromatic rings. The maximum absolute atomic E-state index is 15.0. The number of aromatic nitrogens is 3. The van der Waals surface area contributed by atoms with E-state index >= 15 is 4.79 Å². The fourth-order valence-corrected chi connectivity index (χ4v) is 32.5. The first-order valence-corrected chi connectivity index (χ1v) is 58.7. The highest BCUT2D eigenvalue weighted by molar-refractivity contribution is 7.91. The van der Waals surface area contributed by atoms with Gasteiger partial charge >= 0.3 is 10.2 Å². The van der Waals surface area contributed by atoms with E-state index in [1.54, 1.807) is 60.3 Å². The van der Waals surface area contributed by atoms with Gasteiger partial charge in [0.15, 0.2) is 0 Å². The van der Waals surface area contributed by atoms with Crippen molar-refractivity contribution in [1.82, 2.24) is 61.6 Å². The second kappa shape index (κ2) is 36.9. The quantitative estimate of drug-likeness (QED) is 0.0718. The number of fused-ring (bicyclic) bond motifs is 24. The summed E-state index contributed by atoms with van der Waals surface area (Å²) >= 11 is 0. The number of hydrogen-bond acceptors (Lipinski definition) is 18. The van der Waals surface area contributed by atoms with Crippen LogP contribution < -0.4 is 28.4 Å². The first-order valence-electron chi connectivity index (χ1n) is 54.1. The van der Waals surface area contributed by atoms with Gasteiger partial charge in [0.05, 0.1) is 71.2 Å². The van der Waals surface area contributed by atoms with Gasteiger partial charge in [-0.1, -0.05) is 76.0 Å². The number of ether oxygens (including phenoxy) is 3. The van der Waals surface area contributed by atoms with Gasteiger partial charge in [0.25, 0.3) is 17.7 Å². The number of methoxy groups -OCH3 is 3. The lowest BCUT2D eigenvalue weighted by Crippen LogP contribution is -2.48. The molecule has 3 aromatic heterocycles. The van der Waals surface area contributed by atoms with Gasteiger partial charge in [-0.25, -0.2) is 31.0 Å². The summed E-state index contributed by atoms with van der Waals surface area (Å²) in [6.45, 7) is 13.7. The van der Waals surface area contributed by atoms with Gasteiger partial charge in [0.1, 0.15) is 17.2 Å². The fraction of sp³-hybridized carbons (Fsp3) is 0.553. The summed E-state index contributed by atoms with van der Waals surface area (Å²) in [5, 5.41) is 2.20. The van der Waals surface area contributed by atoms with Crippen LogP contribution in [0, 0.1) is 45.8 Å². The SMILES string of the molecule is COc1ccc2c(c1)C1CC1(C(=O)N1CC3CCCN(C(C)=O)C3C1)Cn1c-2c(C2CCCCC2)c2ccc(C(=O)NS(=O)(=O)C3CC3)cc21.COc1ccc2c(c1)C1CC1(C(=O)N1CC3CN(C(C)=O)CC3C1)Cn1c-2c(C2CCCCC2)c2ccc(C(=O)NS(=O)(=O)C3CC3)cc21.COc1ccc2c(c1)C1CC1(C(=O)N1CC3CN(C(C)=O)CC3C1)Cn1c-2c(C2CCCCC2)c2ccc(C(=O)NS(=O)(=O)N(C)C)cc21. The third-order valence-corrected chi connectivity index (χ3v) is 42.7. The molecular formula is C114H135N13O18S3. The number of hydrogen-bond donors (Lipinski definition) is 3. The average molecular weight is 2070 g/mol. The molecule has 9 amide bonds. The highest BCUT2D eigenvalue weighted by Gasteiger charge is 2.69. The fourth-order valence-electron chi connectivity index (χ4n) is 29.3. The molecule has 6 aromatic carbocycles. The minimum Gasteiger partial charge on any atom is -0.497 e. The van der Waals surface area contributed by atoms with Gasteiger partial charge in [0, 0.05) is 234 Å². The molecule has 8 saturated carbocycles. The van der Waals surface area contributed by atoms with Crippen molar-refractivity contribution >= 4 is 116 Å². The van der Waals surface area contributed by atoms with E-state index in [1.807, 2.05) is 74.2 Å². The number of sulfonamides is 2. The Morgan fingerprint density at radius 1 is 0.345 bits per heavy atom. The van der Waals surface area contributed by atoms with Crippen molar-refractivity contribution in [1.29, 1.82) is 0 Å². The number of nitrogens with zero attached hydrogens (tertiary/aromatic N) is 10. The standard InChI is InChI=1S/C39H46N4O6S.C38H44N4O6S.C37H45N5O6S/c1-23(44)42-16-6-9-26-20-41(21-34(26)42)38(46)39-19-32(39)31-18-27(49-2)11-15-29(31)36-35(24-7-4-3-5-8-24)30-14-10-25(17-33(30)43(36)22-39)37(45)40-50(47,48)28-12-13-28;1-22(43)40-17-25-19-41(20-26(25)18-40)37(45)38-16-32(38)31-15-27(48-2)9-13-29(31)35-34(23-6-4-3-5-7-23)30-12-8-24(14-33(30)42(35)21-38)36(44)39-49(46,47)28-10-11-28;1-22(43)40-17-25-19-41(20-26(25)18-40)36(45)37-16-31(37)30-15-27(48-4)11-13-28(30)34-33(23-8-6-5-7-9-23)29-12-10-24(14-32(29)42(34)21-37)35(44)38-49(46,47)39(2)3/h10-11,14-15,17-18,24,26,28,32,34H,3-9,12-13,16,19-22H2,1-2H3,(H,40,45);8-9,12-15,23,25-26,28,32H,3-7,10-11,16-21H2,1-2H3,(H,39,44);10-15,23,25-26,31H,5-9,16-21H2,1-4H3,(H,38,44). The lowest BCUT2D eigenvalue weighted by Gasteiger charge is -2.36. The molecule has 0 radical (unpaired) electrons. The molecule has 12 heterocycles. The number of benzene rings is 6. The highest BCUT2D eigenvalue weighted by Crippen LogP contribution is 2.71. The third kappa shape index (κ3) is 16.8. The number of nitrogens with one attached hydrogen (secondary N) is 3.